The minimum absolute atomic E-state index is 0. The number of amides is 1. The van der Waals surface area contributed by atoms with Crippen LogP contribution in [0.2, 0.25) is 5.02 Å². The zero-order valence-corrected chi connectivity index (χ0v) is 18.6. The van der Waals surface area contributed by atoms with Gasteiger partial charge in [-0.25, -0.2) is 0 Å². The monoisotopic (exact) mass is 494 g/mol. The Bertz CT molecular complexity index is 597. The summed E-state index contributed by atoms with van der Waals surface area (Å²) >= 11 is 5.87. The van der Waals surface area contributed by atoms with Crippen LogP contribution in [0.1, 0.15) is 26.7 Å². The lowest BCUT2D eigenvalue weighted by molar-refractivity contribution is -0.129. The number of nitrogens with zero attached hydrogens (tertiary/aromatic N) is 2. The molecular weight excluding hydrogens is 467 g/mol. The quantitative estimate of drug-likeness (QED) is 0.363. The minimum atomic E-state index is -0.0264. The zero-order valence-electron chi connectivity index (χ0n) is 15.5. The molecule has 1 amide bonds. The van der Waals surface area contributed by atoms with Crippen molar-refractivity contribution in [2.75, 3.05) is 26.7 Å². The second kappa shape index (κ2) is 11.5. The van der Waals surface area contributed by atoms with Gasteiger partial charge in [0.1, 0.15) is 11.9 Å². The van der Waals surface area contributed by atoms with E-state index in [0.29, 0.717) is 18.0 Å². The fraction of sp³-hybridized carbons (Fsp3) is 0.556. The summed E-state index contributed by atoms with van der Waals surface area (Å²) in [7, 11) is 1.74. The number of guanidine groups is 1. The van der Waals surface area contributed by atoms with Crippen molar-refractivity contribution in [1.82, 2.24) is 15.5 Å². The maximum atomic E-state index is 11.8. The number of halogens is 2. The summed E-state index contributed by atoms with van der Waals surface area (Å²) in [6.07, 6.45) is 1.46. The predicted molar refractivity (Wildman–Crippen MR) is 117 cm³/mol. The Morgan fingerprint density at radius 3 is 2.73 bits per heavy atom. The summed E-state index contributed by atoms with van der Waals surface area (Å²) in [6.45, 7) is 6.03. The number of nitrogens with one attached hydrogen (secondary N) is 2. The van der Waals surface area contributed by atoms with E-state index in [4.69, 9.17) is 16.3 Å². The van der Waals surface area contributed by atoms with Crippen LogP contribution in [0.25, 0.3) is 0 Å². The Balaban J connectivity index is 0.00000338. The van der Waals surface area contributed by atoms with Gasteiger partial charge in [-0.1, -0.05) is 18.5 Å². The standard InChI is InChI=1S/C18H27ClN4O2.HI/c1-4-17(24)23-10-9-15(12-23)22-18(20-3)21-11-13(2)25-16-7-5-14(19)6-8-16;/h5-8,13,15H,4,9-12H2,1-3H3,(H2,20,21,22);1H. The number of likely N-dealkylation sites (tertiary alicyclic amines) is 1. The van der Waals surface area contributed by atoms with Gasteiger partial charge in [0.2, 0.25) is 5.91 Å². The minimum Gasteiger partial charge on any atom is -0.489 e. The molecule has 1 aromatic rings. The lowest BCUT2D eigenvalue weighted by atomic mass is 10.3. The Labute approximate surface area is 177 Å². The molecule has 2 rings (SSSR count). The molecule has 6 nitrogen and oxygen atoms in total. The van der Waals surface area contributed by atoms with Crippen molar-refractivity contribution < 1.29 is 9.53 Å². The van der Waals surface area contributed by atoms with Crippen LogP contribution in [0.15, 0.2) is 29.3 Å². The van der Waals surface area contributed by atoms with Crippen molar-refractivity contribution in [3.05, 3.63) is 29.3 Å². The van der Waals surface area contributed by atoms with E-state index < -0.39 is 0 Å². The van der Waals surface area contributed by atoms with Gasteiger partial charge in [0.15, 0.2) is 5.96 Å². The van der Waals surface area contributed by atoms with Crippen LogP contribution in [0.3, 0.4) is 0 Å². The highest BCUT2D eigenvalue weighted by molar-refractivity contribution is 14.0. The normalized spacial score (nSPS) is 18.1. The van der Waals surface area contributed by atoms with E-state index in [1.807, 2.05) is 30.9 Å². The highest BCUT2D eigenvalue weighted by Crippen LogP contribution is 2.16. The molecule has 1 aromatic carbocycles. The van der Waals surface area contributed by atoms with Crippen LogP contribution in [0.5, 0.6) is 5.75 Å². The van der Waals surface area contributed by atoms with Crippen molar-refractivity contribution in [3.63, 3.8) is 0 Å². The highest BCUT2D eigenvalue weighted by Gasteiger charge is 2.25. The van der Waals surface area contributed by atoms with Crippen molar-refractivity contribution >= 4 is 47.4 Å². The Kier molecular flexibility index (Phi) is 10.1. The number of aliphatic imine (C=N–C) groups is 1. The molecule has 26 heavy (non-hydrogen) atoms. The Hall–Kier alpha value is -1.22. The van der Waals surface area contributed by atoms with Crippen LogP contribution >= 0.6 is 35.6 Å². The van der Waals surface area contributed by atoms with E-state index in [1.165, 1.54) is 0 Å². The molecule has 0 bridgehead atoms. The summed E-state index contributed by atoms with van der Waals surface area (Å²) in [6, 6.07) is 7.55. The molecule has 2 N–H and O–H groups in total. The molecule has 1 saturated heterocycles. The van der Waals surface area contributed by atoms with E-state index in [2.05, 4.69) is 15.6 Å². The van der Waals surface area contributed by atoms with Gasteiger partial charge in [-0.3, -0.25) is 9.79 Å². The molecule has 8 heteroatoms. The third-order valence-corrected chi connectivity index (χ3v) is 4.37. The van der Waals surface area contributed by atoms with Crippen LogP contribution in [-0.4, -0.2) is 55.6 Å². The third kappa shape index (κ3) is 7.19. The van der Waals surface area contributed by atoms with E-state index in [0.717, 1.165) is 31.2 Å². The molecule has 2 atom stereocenters. The molecule has 0 aliphatic carbocycles. The molecular formula is C18H28ClIN4O2. The second-order valence-electron chi connectivity index (χ2n) is 6.16. The molecule has 1 aliphatic rings. The van der Waals surface area contributed by atoms with E-state index in [1.54, 1.807) is 19.2 Å². The maximum absolute atomic E-state index is 11.8. The lowest BCUT2D eigenvalue weighted by Gasteiger charge is -2.21. The number of hydrogen-bond donors (Lipinski definition) is 2. The largest absolute Gasteiger partial charge is 0.489 e. The van der Waals surface area contributed by atoms with Gasteiger partial charge in [0, 0.05) is 37.6 Å². The van der Waals surface area contributed by atoms with Crippen molar-refractivity contribution in [2.24, 2.45) is 4.99 Å². The van der Waals surface area contributed by atoms with Gasteiger partial charge in [-0.15, -0.1) is 24.0 Å². The summed E-state index contributed by atoms with van der Waals surface area (Å²) in [5, 5.41) is 7.33. The number of rotatable bonds is 6. The molecule has 1 aliphatic heterocycles. The Morgan fingerprint density at radius 2 is 2.12 bits per heavy atom. The van der Waals surface area contributed by atoms with E-state index in [-0.39, 0.29) is 42.0 Å². The average Bonchev–Trinajstić information content (AvgIpc) is 3.08. The summed E-state index contributed by atoms with van der Waals surface area (Å²) in [5.74, 6) is 1.71. The number of benzene rings is 1. The lowest BCUT2D eigenvalue weighted by Crippen LogP contribution is -2.47. The maximum Gasteiger partial charge on any atom is 0.222 e. The Morgan fingerprint density at radius 1 is 1.42 bits per heavy atom. The smallest absolute Gasteiger partial charge is 0.222 e. The summed E-state index contributed by atoms with van der Waals surface area (Å²) < 4.78 is 5.84. The van der Waals surface area contributed by atoms with Gasteiger partial charge in [-0.2, -0.15) is 0 Å². The van der Waals surface area contributed by atoms with Gasteiger partial charge < -0.3 is 20.3 Å². The van der Waals surface area contributed by atoms with Gasteiger partial charge in [0.05, 0.1) is 6.54 Å². The molecule has 0 radical (unpaired) electrons. The van der Waals surface area contributed by atoms with Crippen molar-refractivity contribution in [2.45, 2.75) is 38.8 Å². The first-order chi connectivity index (χ1) is 12.0. The summed E-state index contributed by atoms with van der Waals surface area (Å²) in [4.78, 5) is 17.9. The molecule has 146 valence electrons. The molecule has 2 unspecified atom stereocenters. The number of hydrogen-bond acceptors (Lipinski definition) is 3. The van der Waals surface area contributed by atoms with E-state index in [9.17, 15) is 4.79 Å². The van der Waals surface area contributed by atoms with Gasteiger partial charge >= 0.3 is 0 Å². The van der Waals surface area contributed by atoms with Crippen molar-refractivity contribution in [1.29, 1.82) is 0 Å². The molecule has 0 aromatic heterocycles. The molecule has 0 spiro atoms. The fourth-order valence-electron chi connectivity index (χ4n) is 2.74. The molecule has 1 fully saturated rings. The SMILES string of the molecule is CCC(=O)N1CCC(NC(=NC)NCC(C)Oc2ccc(Cl)cc2)C1.I. The second-order valence-corrected chi connectivity index (χ2v) is 6.60. The van der Waals surface area contributed by atoms with Crippen LogP contribution < -0.4 is 15.4 Å². The first-order valence-electron chi connectivity index (χ1n) is 8.69. The van der Waals surface area contributed by atoms with E-state index >= 15 is 0 Å². The van der Waals surface area contributed by atoms with Gasteiger partial charge in [0.25, 0.3) is 0 Å². The first-order valence-corrected chi connectivity index (χ1v) is 9.06. The van der Waals surface area contributed by atoms with Crippen LogP contribution in [-0.2, 0) is 4.79 Å². The number of ether oxygens (including phenoxy) is 1. The number of carbonyl (C=O) groups is 1. The van der Waals surface area contributed by atoms with Crippen LogP contribution in [0.4, 0.5) is 0 Å². The molecule has 1 heterocycles. The fourth-order valence-corrected chi connectivity index (χ4v) is 2.87. The average molecular weight is 495 g/mol. The third-order valence-electron chi connectivity index (χ3n) is 4.12. The van der Waals surface area contributed by atoms with Crippen molar-refractivity contribution in [3.8, 4) is 5.75 Å². The number of carbonyl (C=O) groups excluding carboxylic acids is 1. The van der Waals surface area contributed by atoms with Crippen LogP contribution in [0, 0.1) is 0 Å². The first kappa shape index (κ1) is 22.8. The molecule has 0 saturated carbocycles. The zero-order chi connectivity index (χ0) is 18.2. The summed E-state index contributed by atoms with van der Waals surface area (Å²) in [5.41, 5.74) is 0. The van der Waals surface area contributed by atoms with Gasteiger partial charge in [-0.05, 0) is 37.6 Å². The predicted octanol–water partition coefficient (Wildman–Crippen LogP) is 2.90. The topological polar surface area (TPSA) is 66.0 Å². The highest BCUT2D eigenvalue weighted by atomic mass is 127.